The number of ether oxygens (including phenoxy) is 1. The summed E-state index contributed by atoms with van der Waals surface area (Å²) in [4.78, 5) is 0.440. The van der Waals surface area contributed by atoms with Crippen LogP contribution in [0, 0.1) is 0 Å². The average molecular weight is 446 g/mol. The van der Waals surface area contributed by atoms with Gasteiger partial charge in [-0.3, -0.25) is 0 Å². The Bertz CT molecular complexity index is 1080. The SMILES string of the molecule is COc1cccc(S(=O)(=O)c2ccc(CCNCC(O)c3cccc(Cl)c3)cc2)c1. The summed E-state index contributed by atoms with van der Waals surface area (Å²) in [5.74, 6) is 0.499. The molecule has 0 heterocycles. The first-order chi connectivity index (χ1) is 14.4. The summed E-state index contributed by atoms with van der Waals surface area (Å²) < 4.78 is 30.7. The number of rotatable bonds is 9. The maximum Gasteiger partial charge on any atom is 0.206 e. The Hall–Kier alpha value is -2.38. The van der Waals surface area contributed by atoms with Gasteiger partial charge in [-0.05, 0) is 66.6 Å². The Labute approximate surface area is 182 Å². The number of benzene rings is 3. The molecule has 0 saturated carbocycles. The molecule has 0 amide bonds. The highest BCUT2D eigenvalue weighted by Gasteiger charge is 2.18. The van der Waals surface area contributed by atoms with E-state index in [0.29, 0.717) is 30.3 Å². The quantitative estimate of drug-likeness (QED) is 0.486. The van der Waals surface area contributed by atoms with E-state index in [1.807, 2.05) is 24.3 Å². The zero-order valence-electron chi connectivity index (χ0n) is 16.6. The molecule has 5 nitrogen and oxygen atoms in total. The lowest BCUT2D eigenvalue weighted by molar-refractivity contribution is 0.175. The summed E-state index contributed by atoms with van der Waals surface area (Å²) in [6, 6.07) is 20.4. The van der Waals surface area contributed by atoms with Crippen molar-refractivity contribution in [2.24, 2.45) is 0 Å². The molecule has 3 aromatic carbocycles. The molecule has 0 radical (unpaired) electrons. The average Bonchev–Trinajstić information content (AvgIpc) is 2.77. The van der Waals surface area contributed by atoms with Gasteiger partial charge < -0.3 is 15.2 Å². The van der Waals surface area contributed by atoms with Gasteiger partial charge in [0, 0.05) is 11.6 Å². The van der Waals surface area contributed by atoms with Crippen LogP contribution in [0.25, 0.3) is 0 Å². The minimum atomic E-state index is -3.60. The lowest BCUT2D eigenvalue weighted by Crippen LogP contribution is -2.23. The molecule has 1 atom stereocenters. The van der Waals surface area contributed by atoms with Gasteiger partial charge in [0.15, 0.2) is 0 Å². The van der Waals surface area contributed by atoms with Crippen molar-refractivity contribution in [3.05, 3.63) is 88.9 Å². The second kappa shape index (κ2) is 10.1. The topological polar surface area (TPSA) is 75.6 Å². The van der Waals surface area contributed by atoms with Crippen LogP contribution < -0.4 is 10.1 Å². The van der Waals surface area contributed by atoms with E-state index in [-0.39, 0.29) is 9.79 Å². The molecule has 0 saturated heterocycles. The van der Waals surface area contributed by atoms with Crippen molar-refractivity contribution < 1.29 is 18.3 Å². The molecule has 0 spiro atoms. The minimum Gasteiger partial charge on any atom is -0.497 e. The van der Waals surface area contributed by atoms with E-state index >= 15 is 0 Å². The van der Waals surface area contributed by atoms with E-state index in [2.05, 4.69) is 5.32 Å². The Morgan fingerprint density at radius 1 is 1.00 bits per heavy atom. The van der Waals surface area contributed by atoms with Gasteiger partial charge in [0.25, 0.3) is 0 Å². The van der Waals surface area contributed by atoms with Crippen molar-refractivity contribution in [2.45, 2.75) is 22.3 Å². The molecule has 30 heavy (non-hydrogen) atoms. The highest BCUT2D eigenvalue weighted by molar-refractivity contribution is 7.91. The Morgan fingerprint density at radius 2 is 1.73 bits per heavy atom. The van der Waals surface area contributed by atoms with Gasteiger partial charge in [-0.15, -0.1) is 0 Å². The molecule has 2 N–H and O–H groups in total. The Kier molecular flexibility index (Phi) is 7.50. The first-order valence-corrected chi connectivity index (χ1v) is 11.4. The van der Waals surface area contributed by atoms with Crippen LogP contribution in [0.2, 0.25) is 5.02 Å². The van der Waals surface area contributed by atoms with Crippen molar-refractivity contribution in [1.29, 1.82) is 0 Å². The molecule has 0 aliphatic carbocycles. The van der Waals surface area contributed by atoms with E-state index in [1.165, 1.54) is 13.2 Å². The third-order valence-corrected chi connectivity index (χ3v) is 6.75. The fourth-order valence-corrected chi connectivity index (χ4v) is 4.54. The monoisotopic (exact) mass is 445 g/mol. The van der Waals surface area contributed by atoms with Crippen molar-refractivity contribution in [2.75, 3.05) is 20.2 Å². The van der Waals surface area contributed by atoms with Crippen molar-refractivity contribution >= 4 is 21.4 Å². The standard InChI is InChI=1S/C23H24ClNO4S/c1-29-20-6-3-7-22(15-20)30(27,28)21-10-8-17(9-11-21)12-13-25-16-23(26)18-4-2-5-19(24)14-18/h2-11,14-15,23,25-26H,12-13,16H2,1H3. The summed E-state index contributed by atoms with van der Waals surface area (Å²) in [6.07, 6.45) is 0.0703. The smallest absolute Gasteiger partial charge is 0.206 e. The van der Waals surface area contributed by atoms with Gasteiger partial charge in [-0.2, -0.15) is 0 Å². The van der Waals surface area contributed by atoms with Gasteiger partial charge in [-0.25, -0.2) is 8.42 Å². The first-order valence-electron chi connectivity index (χ1n) is 9.52. The molecule has 3 rings (SSSR count). The van der Waals surface area contributed by atoms with Crippen LogP contribution in [0.1, 0.15) is 17.2 Å². The molecule has 0 fully saturated rings. The lowest BCUT2D eigenvalue weighted by Gasteiger charge is -2.13. The number of hydrogen-bond acceptors (Lipinski definition) is 5. The lowest BCUT2D eigenvalue weighted by atomic mass is 10.1. The molecular weight excluding hydrogens is 422 g/mol. The van der Waals surface area contributed by atoms with E-state index in [4.69, 9.17) is 16.3 Å². The maximum absolute atomic E-state index is 12.8. The normalized spacial score (nSPS) is 12.5. The highest BCUT2D eigenvalue weighted by atomic mass is 35.5. The zero-order chi connectivity index (χ0) is 21.6. The van der Waals surface area contributed by atoms with Crippen molar-refractivity contribution in [1.82, 2.24) is 5.32 Å². The zero-order valence-corrected chi connectivity index (χ0v) is 18.2. The number of hydrogen-bond donors (Lipinski definition) is 2. The molecule has 0 aromatic heterocycles. The highest BCUT2D eigenvalue weighted by Crippen LogP contribution is 2.24. The van der Waals surface area contributed by atoms with Crippen LogP contribution in [-0.4, -0.2) is 33.7 Å². The molecule has 0 aliphatic heterocycles. The molecule has 158 valence electrons. The summed E-state index contributed by atoms with van der Waals surface area (Å²) in [5, 5.41) is 14.0. The van der Waals surface area contributed by atoms with E-state index < -0.39 is 15.9 Å². The van der Waals surface area contributed by atoms with Gasteiger partial charge in [0.2, 0.25) is 9.84 Å². The van der Waals surface area contributed by atoms with Crippen LogP contribution in [0.15, 0.2) is 82.6 Å². The number of aliphatic hydroxyl groups excluding tert-OH is 1. The van der Waals surface area contributed by atoms with Crippen LogP contribution in [-0.2, 0) is 16.3 Å². The predicted octanol–water partition coefficient (Wildman–Crippen LogP) is 4.05. The van der Waals surface area contributed by atoms with E-state index in [1.54, 1.807) is 42.5 Å². The van der Waals surface area contributed by atoms with Crippen LogP contribution in [0.5, 0.6) is 5.75 Å². The fraction of sp³-hybridized carbons (Fsp3) is 0.217. The molecular formula is C23H24ClNO4S. The number of sulfone groups is 1. The number of methoxy groups -OCH3 is 1. The first kappa shape index (κ1) is 22.3. The fourth-order valence-electron chi connectivity index (χ4n) is 3.04. The number of halogens is 1. The second-order valence-corrected chi connectivity index (χ2v) is 9.24. The van der Waals surface area contributed by atoms with Crippen LogP contribution >= 0.6 is 11.6 Å². The second-order valence-electron chi connectivity index (χ2n) is 6.85. The number of nitrogens with one attached hydrogen (secondary N) is 1. The predicted molar refractivity (Wildman–Crippen MR) is 118 cm³/mol. The van der Waals surface area contributed by atoms with Gasteiger partial charge in [0.1, 0.15) is 5.75 Å². The molecule has 0 aliphatic rings. The third-order valence-electron chi connectivity index (χ3n) is 4.75. The Morgan fingerprint density at radius 3 is 2.43 bits per heavy atom. The van der Waals surface area contributed by atoms with Crippen molar-refractivity contribution in [3.8, 4) is 5.75 Å². The van der Waals surface area contributed by atoms with Crippen molar-refractivity contribution in [3.63, 3.8) is 0 Å². The molecule has 0 bridgehead atoms. The third kappa shape index (κ3) is 5.61. The van der Waals surface area contributed by atoms with E-state index in [0.717, 1.165) is 11.1 Å². The summed E-state index contributed by atoms with van der Waals surface area (Å²) >= 11 is 5.95. The Balaban J connectivity index is 1.55. The molecule has 1 unspecified atom stereocenters. The molecule has 7 heteroatoms. The molecule has 3 aromatic rings. The minimum absolute atomic E-state index is 0.200. The summed E-state index contributed by atoms with van der Waals surface area (Å²) in [6.45, 7) is 1.06. The summed E-state index contributed by atoms with van der Waals surface area (Å²) in [7, 11) is -2.10. The van der Waals surface area contributed by atoms with Crippen LogP contribution in [0.3, 0.4) is 0 Å². The summed E-state index contributed by atoms with van der Waals surface area (Å²) in [5.41, 5.74) is 1.77. The van der Waals surface area contributed by atoms with Gasteiger partial charge in [-0.1, -0.05) is 41.9 Å². The number of aliphatic hydroxyl groups is 1. The van der Waals surface area contributed by atoms with Gasteiger partial charge >= 0.3 is 0 Å². The largest absolute Gasteiger partial charge is 0.497 e. The van der Waals surface area contributed by atoms with Gasteiger partial charge in [0.05, 0.1) is 23.0 Å². The van der Waals surface area contributed by atoms with Crippen LogP contribution in [0.4, 0.5) is 0 Å². The van der Waals surface area contributed by atoms with E-state index in [9.17, 15) is 13.5 Å². The maximum atomic E-state index is 12.8.